The lowest BCUT2D eigenvalue weighted by Gasteiger charge is -2.18. The monoisotopic (exact) mass is 905 g/mol. The molecule has 6 heteroatoms. The van der Waals surface area contributed by atoms with Gasteiger partial charge in [0.25, 0.3) is 0 Å². The van der Waals surface area contributed by atoms with Crippen molar-refractivity contribution in [1.82, 2.24) is 0 Å². The molecule has 0 aliphatic rings. The molecule has 65 heavy (non-hydrogen) atoms. The Morgan fingerprint density at radius 1 is 0.323 bits per heavy atom. The van der Waals surface area contributed by atoms with Gasteiger partial charge >= 0.3 is 17.9 Å². The van der Waals surface area contributed by atoms with Crippen molar-refractivity contribution in [3.63, 3.8) is 0 Å². The fourth-order valence-corrected chi connectivity index (χ4v) is 7.51. The molecule has 0 N–H and O–H groups in total. The number of hydrogen-bond acceptors (Lipinski definition) is 6. The van der Waals surface area contributed by atoms with Crippen LogP contribution in [0.4, 0.5) is 0 Å². The smallest absolute Gasteiger partial charge is 0.306 e. The fourth-order valence-electron chi connectivity index (χ4n) is 7.51. The Morgan fingerprint density at radius 2 is 0.600 bits per heavy atom. The number of hydrogen-bond donors (Lipinski definition) is 0. The second-order valence-electron chi connectivity index (χ2n) is 17.9. The van der Waals surface area contributed by atoms with Crippen LogP contribution < -0.4 is 0 Å². The summed E-state index contributed by atoms with van der Waals surface area (Å²) in [4.78, 5) is 38.0. The second-order valence-corrected chi connectivity index (χ2v) is 17.9. The van der Waals surface area contributed by atoms with E-state index >= 15 is 0 Å². The highest BCUT2D eigenvalue weighted by molar-refractivity contribution is 5.71. The molecule has 0 rings (SSSR count). The van der Waals surface area contributed by atoms with Crippen LogP contribution in [0.2, 0.25) is 0 Å². The minimum absolute atomic E-state index is 0.0917. The van der Waals surface area contributed by atoms with Crippen LogP contribution in [0.3, 0.4) is 0 Å². The summed E-state index contributed by atoms with van der Waals surface area (Å²) in [6, 6.07) is 0. The lowest BCUT2D eigenvalue weighted by molar-refractivity contribution is -0.167. The molecule has 0 aromatic heterocycles. The van der Waals surface area contributed by atoms with Gasteiger partial charge < -0.3 is 14.2 Å². The van der Waals surface area contributed by atoms with E-state index in [4.69, 9.17) is 14.2 Å². The normalized spacial score (nSPS) is 12.7. The van der Waals surface area contributed by atoms with Crippen LogP contribution >= 0.6 is 0 Å². The molecule has 0 bridgehead atoms. The first kappa shape index (κ1) is 61.6. The van der Waals surface area contributed by atoms with Crippen molar-refractivity contribution in [2.24, 2.45) is 0 Å². The van der Waals surface area contributed by atoms with Gasteiger partial charge in [0.15, 0.2) is 6.10 Å². The predicted molar refractivity (Wildman–Crippen MR) is 279 cm³/mol. The molecule has 372 valence electrons. The van der Waals surface area contributed by atoms with E-state index in [9.17, 15) is 14.4 Å². The van der Waals surface area contributed by atoms with E-state index in [1.54, 1.807) is 0 Å². The maximum absolute atomic E-state index is 12.8. The molecule has 0 aromatic rings. The largest absolute Gasteiger partial charge is 0.462 e. The fraction of sp³-hybridized carbons (Fsp3) is 0.712. The molecule has 0 amide bonds. The van der Waals surface area contributed by atoms with E-state index in [1.807, 2.05) is 18.2 Å². The van der Waals surface area contributed by atoms with Gasteiger partial charge in [-0.05, 0) is 57.8 Å². The van der Waals surface area contributed by atoms with E-state index in [-0.39, 0.29) is 31.1 Å². The molecule has 0 saturated heterocycles. The first-order valence-electron chi connectivity index (χ1n) is 27.2. The Labute approximate surface area is 401 Å². The highest BCUT2D eigenvalue weighted by Gasteiger charge is 2.19. The van der Waals surface area contributed by atoms with Gasteiger partial charge in [-0.1, -0.05) is 260 Å². The number of rotatable bonds is 48. The Hall–Kier alpha value is -3.41. The van der Waals surface area contributed by atoms with E-state index in [0.717, 1.165) is 109 Å². The van der Waals surface area contributed by atoms with Crippen molar-refractivity contribution in [2.45, 2.75) is 258 Å². The SMILES string of the molecule is CC/C=C/C=C/C=C/C=C/CCCCCCCC(=O)OC(COC(=O)CCCCCCC/C=C/C=C/C=C/CC)COC(=O)CCCCCCCCCCCCCCCCCCCCC. The van der Waals surface area contributed by atoms with Gasteiger partial charge in [-0.15, -0.1) is 0 Å². The van der Waals surface area contributed by atoms with Crippen LogP contribution in [0.15, 0.2) is 85.1 Å². The molecule has 0 saturated carbocycles. The van der Waals surface area contributed by atoms with Gasteiger partial charge in [0.2, 0.25) is 0 Å². The lowest BCUT2D eigenvalue weighted by Crippen LogP contribution is -2.30. The summed E-state index contributed by atoms with van der Waals surface area (Å²) in [7, 11) is 0. The second kappa shape index (κ2) is 53.2. The first-order valence-corrected chi connectivity index (χ1v) is 27.2. The summed E-state index contributed by atoms with van der Waals surface area (Å²) < 4.78 is 16.8. The summed E-state index contributed by atoms with van der Waals surface area (Å²) in [5.74, 6) is -0.933. The topological polar surface area (TPSA) is 78.9 Å². The van der Waals surface area contributed by atoms with Gasteiger partial charge in [0.1, 0.15) is 13.2 Å². The number of carbonyl (C=O) groups is 3. The third-order valence-corrected chi connectivity index (χ3v) is 11.6. The van der Waals surface area contributed by atoms with Crippen molar-refractivity contribution in [1.29, 1.82) is 0 Å². The van der Waals surface area contributed by atoms with Gasteiger partial charge in [0, 0.05) is 19.3 Å². The van der Waals surface area contributed by atoms with Crippen molar-refractivity contribution in [3.8, 4) is 0 Å². The average molecular weight is 905 g/mol. The third kappa shape index (κ3) is 51.4. The molecule has 0 radical (unpaired) electrons. The Bertz CT molecular complexity index is 1270. The molecule has 0 aromatic carbocycles. The van der Waals surface area contributed by atoms with Crippen LogP contribution in [-0.2, 0) is 28.6 Å². The highest BCUT2D eigenvalue weighted by Crippen LogP contribution is 2.16. The number of unbranched alkanes of at least 4 members (excludes halogenated alkanes) is 28. The molecule has 1 atom stereocenters. The molecular formula is C59H100O6. The van der Waals surface area contributed by atoms with Crippen LogP contribution in [0.5, 0.6) is 0 Å². The van der Waals surface area contributed by atoms with Gasteiger partial charge in [0.05, 0.1) is 0 Å². The Kier molecular flexibility index (Phi) is 50.4. The zero-order chi connectivity index (χ0) is 47.2. The standard InChI is InChI=1S/C59H100O6/c1-4-7-10-13-16-19-22-25-27-28-29-30-32-34-37-40-43-46-49-52-58(61)64-55-56(54-63-57(60)51-48-45-42-39-36-33-24-21-18-15-12-9-6-3)65-59(62)53-50-47-44-41-38-35-31-26-23-20-17-14-11-8-5-2/h8-9,11-12,14-15,17-18,20-21,23-24,26,31,56H,4-7,10,13,16,19,22,25,27-30,32-55H2,1-3H3/b11-8+,12-9+,17-14+,18-15+,23-20+,24-21+,31-26+. The average Bonchev–Trinajstić information content (AvgIpc) is 3.30. The molecule has 0 heterocycles. The predicted octanol–water partition coefficient (Wildman–Crippen LogP) is 18.0. The van der Waals surface area contributed by atoms with Crippen molar-refractivity contribution < 1.29 is 28.6 Å². The third-order valence-electron chi connectivity index (χ3n) is 11.6. The Balaban J connectivity index is 4.39. The maximum Gasteiger partial charge on any atom is 0.306 e. The van der Waals surface area contributed by atoms with E-state index in [0.29, 0.717) is 19.3 Å². The van der Waals surface area contributed by atoms with Crippen LogP contribution in [0.1, 0.15) is 252 Å². The van der Waals surface area contributed by atoms with Gasteiger partial charge in [-0.2, -0.15) is 0 Å². The summed E-state index contributed by atoms with van der Waals surface area (Å²) in [6.07, 6.45) is 68.6. The first-order chi connectivity index (χ1) is 32.0. The van der Waals surface area contributed by atoms with Crippen molar-refractivity contribution in [2.75, 3.05) is 13.2 Å². The zero-order valence-corrected chi connectivity index (χ0v) is 42.5. The van der Waals surface area contributed by atoms with E-state index < -0.39 is 6.10 Å². The Morgan fingerprint density at radius 3 is 0.938 bits per heavy atom. The quantitative estimate of drug-likeness (QED) is 0.0262. The van der Waals surface area contributed by atoms with Gasteiger partial charge in [-0.25, -0.2) is 0 Å². The molecular weight excluding hydrogens is 805 g/mol. The number of carbonyl (C=O) groups excluding carboxylic acids is 3. The molecule has 0 aliphatic heterocycles. The highest BCUT2D eigenvalue weighted by atomic mass is 16.6. The minimum atomic E-state index is -0.796. The molecule has 0 aliphatic carbocycles. The molecule has 6 nitrogen and oxygen atoms in total. The summed E-state index contributed by atoms with van der Waals surface area (Å²) >= 11 is 0. The number of allylic oxidation sites excluding steroid dienone is 14. The molecule has 1 unspecified atom stereocenters. The lowest BCUT2D eigenvalue weighted by atomic mass is 10.0. The maximum atomic E-state index is 12.8. The number of esters is 3. The van der Waals surface area contributed by atoms with Gasteiger partial charge in [-0.3, -0.25) is 14.4 Å². The van der Waals surface area contributed by atoms with Crippen molar-refractivity contribution >= 4 is 17.9 Å². The number of ether oxygens (including phenoxy) is 3. The van der Waals surface area contributed by atoms with Crippen molar-refractivity contribution in [3.05, 3.63) is 85.1 Å². The molecule has 0 fully saturated rings. The van der Waals surface area contributed by atoms with E-state index in [1.165, 1.54) is 103 Å². The molecule has 0 spiro atoms. The van der Waals surface area contributed by atoms with Crippen LogP contribution in [0.25, 0.3) is 0 Å². The minimum Gasteiger partial charge on any atom is -0.462 e. The van der Waals surface area contributed by atoms with Crippen LogP contribution in [0, 0.1) is 0 Å². The summed E-state index contributed by atoms with van der Waals surface area (Å²) in [5.41, 5.74) is 0. The van der Waals surface area contributed by atoms with Crippen LogP contribution in [-0.4, -0.2) is 37.2 Å². The summed E-state index contributed by atoms with van der Waals surface area (Å²) in [6.45, 7) is 6.34. The zero-order valence-electron chi connectivity index (χ0n) is 42.5. The summed E-state index contributed by atoms with van der Waals surface area (Å²) in [5, 5.41) is 0. The van der Waals surface area contributed by atoms with E-state index in [2.05, 4.69) is 87.6 Å².